The Morgan fingerprint density at radius 1 is 0.301 bits per heavy atom. The molecule has 0 aromatic rings. The third kappa shape index (κ3) is 36.1. The molecular formula is C100H167F9O24. The normalized spacial score (nSPS) is 25.1. The highest BCUT2D eigenvalue weighted by atomic mass is 19.4. The van der Waals surface area contributed by atoms with E-state index in [9.17, 15) is 98.9 Å². The highest BCUT2D eigenvalue weighted by molar-refractivity contribution is 5.89. The zero-order valence-electron chi connectivity index (χ0n) is 86.2. The molecule has 0 radical (unpaired) electrons. The SMILES string of the molecule is C=C(C)C(=O)OC(C)C1CC1C(C)(C)OC(C)C(C)(C)O.C=C(C)C(=O)OC(C)C1CC1C(CC)(CC)OC(C)C(C)(C)O.C=C(C)C(=O)OC1CC(C(C)(C)OC(C)C(C)(O)C(F)(F)F)C1.C=C(C)C(=O)OC1CC1C(C)(C)OC(C)C(C)(C)O.C=C(C)C(=O)OC1CC1C(CC)(CC)OC(C)C(C)(O)C(F)(F)F.C=C(C)C(=O)OC1CCC1C(C)(C)OC(C)C(C)(O)C(F)(F)F. The molecule has 0 spiro atoms. The molecule has 0 aromatic carbocycles. The van der Waals surface area contributed by atoms with Gasteiger partial charge in [0, 0.05) is 63.0 Å². The van der Waals surface area contributed by atoms with Gasteiger partial charge in [0.05, 0.1) is 87.0 Å². The van der Waals surface area contributed by atoms with Crippen LogP contribution < -0.4 is 0 Å². The van der Waals surface area contributed by atoms with Crippen molar-refractivity contribution in [2.75, 3.05) is 0 Å². The van der Waals surface area contributed by atoms with Gasteiger partial charge in [-0.05, 0) is 309 Å². The first-order valence-electron chi connectivity index (χ1n) is 46.3. The van der Waals surface area contributed by atoms with E-state index in [1.165, 1.54) is 34.6 Å². The van der Waals surface area contributed by atoms with Crippen molar-refractivity contribution >= 4 is 35.8 Å². The summed E-state index contributed by atoms with van der Waals surface area (Å²) < 4.78 is 183. The van der Waals surface area contributed by atoms with Crippen molar-refractivity contribution in [2.45, 2.75) is 478 Å². The quantitative estimate of drug-likeness (QED) is 0.0143. The lowest BCUT2D eigenvalue weighted by Crippen LogP contribution is -2.57. The predicted molar refractivity (Wildman–Crippen MR) is 490 cm³/mol. The maximum atomic E-state index is 13.0. The summed E-state index contributed by atoms with van der Waals surface area (Å²) in [7, 11) is 0. The average Bonchev–Trinajstić information content (AvgIpc) is 1.38. The van der Waals surface area contributed by atoms with Crippen molar-refractivity contribution < 1.29 is 156 Å². The van der Waals surface area contributed by atoms with Crippen molar-refractivity contribution in [2.24, 2.45) is 47.3 Å². The van der Waals surface area contributed by atoms with Gasteiger partial charge < -0.3 is 87.5 Å². The minimum Gasteiger partial charge on any atom is -0.459 e. The summed E-state index contributed by atoms with van der Waals surface area (Å²) in [5.74, 6) is -1.54. The fraction of sp³-hybridized carbons (Fsp3) is 0.820. The van der Waals surface area contributed by atoms with E-state index in [-0.39, 0.29) is 107 Å². The number of carbonyl (C=O) groups excluding carboxylic acids is 6. The van der Waals surface area contributed by atoms with Gasteiger partial charge in [0.2, 0.25) is 0 Å². The van der Waals surface area contributed by atoms with Crippen LogP contribution in [-0.2, 0) is 85.6 Å². The number of aliphatic hydroxyl groups is 6. The predicted octanol–water partition coefficient (Wildman–Crippen LogP) is 19.9. The number of alkyl halides is 9. The number of ether oxygens (including phenoxy) is 12. The van der Waals surface area contributed by atoms with Crippen LogP contribution in [0.3, 0.4) is 0 Å². The van der Waals surface area contributed by atoms with Crippen molar-refractivity contribution in [3.8, 4) is 0 Å². The zero-order chi connectivity index (χ0) is 105. The van der Waals surface area contributed by atoms with Crippen LogP contribution in [0.1, 0.15) is 319 Å². The third-order valence-electron chi connectivity index (χ3n) is 27.6. The van der Waals surface area contributed by atoms with Gasteiger partial charge >= 0.3 is 54.3 Å². The van der Waals surface area contributed by atoms with E-state index < -0.39 is 123 Å². The Morgan fingerprint density at radius 3 is 0.857 bits per heavy atom. The Balaban J connectivity index is 0.000000799. The van der Waals surface area contributed by atoms with Crippen LogP contribution in [0.2, 0.25) is 0 Å². The third-order valence-corrected chi connectivity index (χ3v) is 27.6. The van der Waals surface area contributed by atoms with E-state index in [4.69, 9.17) is 56.8 Å². The van der Waals surface area contributed by atoms with Crippen LogP contribution in [0.15, 0.2) is 72.9 Å². The first kappa shape index (κ1) is 125. The Bertz CT molecular complexity index is 3890. The molecule has 0 aromatic heterocycles. The highest BCUT2D eigenvalue weighted by Crippen LogP contribution is 2.56. The minimum absolute atomic E-state index is 0.0584. The first-order chi connectivity index (χ1) is 59.5. The molecule has 21 unspecified atom stereocenters. The molecule has 6 N–H and O–H groups in total. The number of esters is 6. The van der Waals surface area contributed by atoms with Crippen LogP contribution in [0.5, 0.6) is 0 Å². The molecular weight excluding hydrogens is 1760 g/mol. The lowest BCUT2D eigenvalue weighted by atomic mass is 9.71. The number of carbonyl (C=O) groups is 6. The fourth-order valence-corrected chi connectivity index (χ4v) is 15.5. The van der Waals surface area contributed by atoms with Crippen molar-refractivity contribution in [1.29, 1.82) is 0 Å². The van der Waals surface area contributed by atoms with Crippen molar-refractivity contribution in [3.63, 3.8) is 0 Å². The van der Waals surface area contributed by atoms with Crippen LogP contribution in [0.4, 0.5) is 39.5 Å². The molecule has 0 heterocycles. The Morgan fingerprint density at radius 2 is 0.549 bits per heavy atom. The van der Waals surface area contributed by atoms with Crippen LogP contribution in [0, 0.1) is 47.3 Å². The van der Waals surface area contributed by atoms with E-state index in [0.29, 0.717) is 112 Å². The highest BCUT2D eigenvalue weighted by Gasteiger charge is 2.63. The smallest absolute Gasteiger partial charge is 0.419 e. The molecule has 6 saturated carbocycles. The molecule has 24 nitrogen and oxygen atoms in total. The summed E-state index contributed by atoms with van der Waals surface area (Å²) in [5, 5.41) is 59.3. The van der Waals surface area contributed by atoms with Crippen LogP contribution in [-0.4, -0.2) is 225 Å². The molecule has 0 amide bonds. The van der Waals surface area contributed by atoms with Gasteiger partial charge in [-0.25, -0.2) is 28.8 Å². The molecule has 133 heavy (non-hydrogen) atoms. The van der Waals surface area contributed by atoms with Gasteiger partial charge in [-0.3, -0.25) is 0 Å². The summed E-state index contributed by atoms with van der Waals surface area (Å²) >= 11 is 0. The second-order valence-electron chi connectivity index (χ2n) is 42.2. The average molecular weight is 1920 g/mol. The number of hydrogen-bond acceptors (Lipinski definition) is 24. The molecule has 21 atom stereocenters. The van der Waals surface area contributed by atoms with Crippen LogP contribution in [0.25, 0.3) is 0 Å². The first-order valence-corrected chi connectivity index (χ1v) is 46.3. The molecule has 6 fully saturated rings. The number of rotatable bonds is 42. The maximum absolute atomic E-state index is 13.0. The van der Waals surface area contributed by atoms with E-state index in [1.807, 2.05) is 76.2 Å². The standard InChI is InChI=1S/C19H34O4.C17H27F3O4.C17H30O4.2C16H25F3O4.C15H26O4/c1-9-19(10-2,23-14(6)18(7,8)21)16-11-15(16)13(5)22-17(20)12(3)4;1-7-16(8-2,12-9-13(12)23-14(21)10(3)4)24-11(5)15(6,22)17(18,19)20;1-10(2)15(18)20-11(3)13-9-14(13)17(7,8)21-12(4)16(5,6)19;1-9(2)13(20)22-12-7-11(8-12)14(4,5)23-10(3)15(6,21)16(17,18)19;1-9(2)13(20)22-12-8-7-11(12)14(4,5)23-10(3)15(6,21)16(17,18)19;1-9(2)13(16)18-12-8-11(12)15(6,7)19-10(3)14(4,5)17/h13-16,21H,3,9-11H2,1-2,4-8H3;11-13,22H,3,7-9H2,1-2,4-6H3;11-14,19H,1,9H2,2-8H3;2*10-12,21H,1,7-8H2,2-6H3;10-12,17H,1,8H2,2-7H3. The van der Waals surface area contributed by atoms with Crippen molar-refractivity contribution in [1.82, 2.24) is 0 Å². The lowest BCUT2D eigenvalue weighted by molar-refractivity contribution is -0.304. The monoisotopic (exact) mass is 1920 g/mol. The second-order valence-corrected chi connectivity index (χ2v) is 42.2. The fourth-order valence-electron chi connectivity index (χ4n) is 15.5. The second kappa shape index (κ2) is 47.4. The summed E-state index contributed by atoms with van der Waals surface area (Å²) in [6.45, 7) is 79.0. The molecule has 0 aliphatic heterocycles. The lowest BCUT2D eigenvalue weighted by Gasteiger charge is -2.48. The molecule has 0 bridgehead atoms. The van der Waals surface area contributed by atoms with Gasteiger partial charge in [0.15, 0.2) is 16.8 Å². The Kier molecular flexibility index (Phi) is 44.6. The van der Waals surface area contributed by atoms with Gasteiger partial charge in [0.25, 0.3) is 0 Å². The molecule has 774 valence electrons. The summed E-state index contributed by atoms with van der Waals surface area (Å²) in [6.07, 6.45) is -12.7. The summed E-state index contributed by atoms with van der Waals surface area (Å²) in [6, 6.07) is 0. The largest absolute Gasteiger partial charge is 0.459 e. The molecule has 6 aliphatic carbocycles. The van der Waals surface area contributed by atoms with Gasteiger partial charge in [-0.15, -0.1) is 0 Å². The molecule has 0 saturated heterocycles. The number of halogens is 9. The number of hydrogen-bond donors (Lipinski definition) is 6. The van der Waals surface area contributed by atoms with Gasteiger partial charge in [-0.2, -0.15) is 39.5 Å². The molecule has 33 heteroatoms. The van der Waals surface area contributed by atoms with E-state index in [2.05, 4.69) is 53.3 Å². The Hall–Kier alpha value is -5.85. The van der Waals surface area contributed by atoms with E-state index in [0.717, 1.165) is 32.1 Å². The van der Waals surface area contributed by atoms with Crippen LogP contribution >= 0.6 is 0 Å². The summed E-state index contributed by atoms with van der Waals surface area (Å²) in [5.41, 5.74) is -13.2. The topological polar surface area (TPSA) is 335 Å². The molecule has 6 rings (SSSR count). The van der Waals surface area contributed by atoms with Gasteiger partial charge in [-0.1, -0.05) is 67.2 Å². The summed E-state index contributed by atoms with van der Waals surface area (Å²) in [4.78, 5) is 69.3. The molecule has 6 aliphatic rings. The Labute approximate surface area is 786 Å². The minimum atomic E-state index is -4.80. The van der Waals surface area contributed by atoms with E-state index in [1.54, 1.807) is 96.9 Å². The van der Waals surface area contributed by atoms with Gasteiger partial charge in [0.1, 0.15) is 36.6 Å². The van der Waals surface area contributed by atoms with E-state index >= 15 is 0 Å². The van der Waals surface area contributed by atoms with Crippen molar-refractivity contribution in [3.05, 3.63) is 72.9 Å². The maximum Gasteiger partial charge on any atom is 0.419 e. The zero-order valence-corrected chi connectivity index (χ0v) is 86.2.